The highest BCUT2D eigenvalue weighted by molar-refractivity contribution is 7.71. The van der Waals surface area contributed by atoms with Crippen LogP contribution in [-0.2, 0) is 24.1 Å². The van der Waals surface area contributed by atoms with Gasteiger partial charge in [0.25, 0.3) is 0 Å². The van der Waals surface area contributed by atoms with Crippen molar-refractivity contribution in [2.45, 2.75) is 50.6 Å². The normalized spacial score (nSPS) is 19.2. The minimum absolute atomic E-state index is 0. The molecule has 30 heavy (non-hydrogen) atoms. The minimum atomic E-state index is -1.09. The molecule has 166 valence electrons. The Labute approximate surface area is 185 Å². The Bertz CT molecular complexity index is 942. The van der Waals surface area contributed by atoms with Crippen molar-refractivity contribution in [1.82, 2.24) is 14.5 Å². The number of nitrogens with one attached hydrogen (secondary N) is 1. The molecule has 2 aliphatic rings. The van der Waals surface area contributed by atoms with E-state index in [4.69, 9.17) is 17.0 Å². The molecule has 3 heterocycles. The molecule has 0 saturated carbocycles. The van der Waals surface area contributed by atoms with Crippen molar-refractivity contribution in [3.63, 3.8) is 0 Å². The van der Waals surface area contributed by atoms with Crippen LogP contribution in [0.4, 0.5) is 13.2 Å². The van der Waals surface area contributed by atoms with Crippen LogP contribution in [0.2, 0.25) is 0 Å². The lowest BCUT2D eigenvalue weighted by molar-refractivity contribution is 0.0428. The van der Waals surface area contributed by atoms with Crippen LogP contribution in [0.15, 0.2) is 12.1 Å². The second-order valence-corrected chi connectivity index (χ2v) is 8.44. The van der Waals surface area contributed by atoms with Crippen molar-refractivity contribution in [2.24, 2.45) is 0 Å². The Morgan fingerprint density at radius 3 is 2.63 bits per heavy atom. The van der Waals surface area contributed by atoms with Crippen LogP contribution in [0.3, 0.4) is 0 Å². The SMILES string of the molecule is CN(CCCc1[nH]c(=S)n2c1C[C@H](c1c(F)ccc(F)c1F)C2)C1CCOCC1.Cl. The number of aromatic nitrogens is 2. The summed E-state index contributed by atoms with van der Waals surface area (Å²) in [6.07, 6.45) is 4.36. The van der Waals surface area contributed by atoms with Gasteiger partial charge in [-0.25, -0.2) is 13.2 Å². The average molecular weight is 462 g/mol. The molecule has 1 saturated heterocycles. The van der Waals surface area contributed by atoms with Crippen LogP contribution in [0, 0.1) is 22.2 Å². The van der Waals surface area contributed by atoms with Gasteiger partial charge >= 0.3 is 0 Å². The second kappa shape index (κ2) is 9.85. The van der Waals surface area contributed by atoms with E-state index >= 15 is 0 Å². The van der Waals surface area contributed by atoms with Crippen LogP contribution >= 0.6 is 24.6 Å². The van der Waals surface area contributed by atoms with Gasteiger partial charge in [0, 0.05) is 48.7 Å². The molecule has 0 unspecified atom stereocenters. The van der Waals surface area contributed by atoms with E-state index in [1.807, 2.05) is 4.57 Å². The van der Waals surface area contributed by atoms with Crippen molar-refractivity contribution in [1.29, 1.82) is 0 Å². The van der Waals surface area contributed by atoms with E-state index in [0.29, 0.717) is 23.8 Å². The summed E-state index contributed by atoms with van der Waals surface area (Å²) in [5.74, 6) is -3.25. The summed E-state index contributed by atoms with van der Waals surface area (Å²) >= 11 is 5.42. The van der Waals surface area contributed by atoms with Crippen LogP contribution in [0.1, 0.15) is 42.1 Å². The third kappa shape index (κ3) is 4.61. The number of H-pyrrole nitrogens is 1. The summed E-state index contributed by atoms with van der Waals surface area (Å²) in [6, 6.07) is 2.39. The monoisotopic (exact) mass is 461 g/mol. The molecule has 4 nitrogen and oxygen atoms in total. The maximum atomic E-state index is 14.2. The smallest absolute Gasteiger partial charge is 0.177 e. The van der Waals surface area contributed by atoms with Crippen molar-refractivity contribution in [2.75, 3.05) is 26.8 Å². The number of benzene rings is 1. The van der Waals surface area contributed by atoms with E-state index in [2.05, 4.69) is 16.9 Å². The lowest BCUT2D eigenvalue weighted by Crippen LogP contribution is -2.37. The Hall–Kier alpha value is -1.35. The molecule has 0 spiro atoms. The van der Waals surface area contributed by atoms with Gasteiger partial charge in [-0.05, 0) is 70.0 Å². The molecule has 1 fully saturated rings. The molecule has 0 aliphatic carbocycles. The number of aryl methyl sites for hydroxylation is 1. The predicted octanol–water partition coefficient (Wildman–Crippen LogP) is 4.77. The largest absolute Gasteiger partial charge is 0.381 e. The Morgan fingerprint density at radius 1 is 1.20 bits per heavy atom. The highest BCUT2D eigenvalue weighted by atomic mass is 35.5. The highest BCUT2D eigenvalue weighted by Gasteiger charge is 2.31. The predicted molar refractivity (Wildman–Crippen MR) is 114 cm³/mol. The first-order chi connectivity index (χ1) is 14.0. The number of imidazole rings is 1. The topological polar surface area (TPSA) is 33.2 Å². The number of ether oxygens (including phenoxy) is 1. The number of aromatic amines is 1. The van der Waals surface area contributed by atoms with E-state index in [1.54, 1.807) is 0 Å². The van der Waals surface area contributed by atoms with Gasteiger partial charge in [0.1, 0.15) is 5.82 Å². The Balaban J connectivity index is 0.00000256. The molecule has 9 heteroatoms. The number of halogens is 4. The summed E-state index contributed by atoms with van der Waals surface area (Å²) in [4.78, 5) is 5.64. The summed E-state index contributed by atoms with van der Waals surface area (Å²) < 4.78 is 50.0. The first-order valence-electron chi connectivity index (χ1n) is 10.2. The van der Waals surface area contributed by atoms with E-state index in [1.165, 1.54) is 0 Å². The van der Waals surface area contributed by atoms with Gasteiger partial charge in [-0.2, -0.15) is 0 Å². The third-order valence-corrected chi connectivity index (χ3v) is 6.58. The van der Waals surface area contributed by atoms with Crippen LogP contribution in [-0.4, -0.2) is 47.3 Å². The first kappa shape index (κ1) is 23.3. The third-order valence-electron chi connectivity index (χ3n) is 6.26. The van der Waals surface area contributed by atoms with Gasteiger partial charge in [0.2, 0.25) is 0 Å². The maximum absolute atomic E-state index is 14.2. The van der Waals surface area contributed by atoms with Gasteiger partial charge in [0.05, 0.1) is 0 Å². The molecule has 1 aromatic carbocycles. The molecule has 2 aliphatic heterocycles. The first-order valence-corrected chi connectivity index (χ1v) is 10.6. The lowest BCUT2D eigenvalue weighted by Gasteiger charge is -2.31. The lowest BCUT2D eigenvalue weighted by atomic mass is 9.95. The number of hydrogen-bond acceptors (Lipinski definition) is 3. The van der Waals surface area contributed by atoms with Gasteiger partial charge < -0.3 is 19.2 Å². The average Bonchev–Trinajstić information content (AvgIpc) is 3.27. The summed E-state index contributed by atoms with van der Waals surface area (Å²) in [5, 5.41) is 0. The van der Waals surface area contributed by atoms with E-state index in [9.17, 15) is 13.2 Å². The molecule has 0 amide bonds. The molecule has 1 aromatic heterocycles. The van der Waals surface area contributed by atoms with Gasteiger partial charge in [0.15, 0.2) is 16.4 Å². The molecule has 0 bridgehead atoms. The van der Waals surface area contributed by atoms with Crippen LogP contribution in [0.25, 0.3) is 0 Å². The molecule has 4 rings (SSSR count). The van der Waals surface area contributed by atoms with Crippen molar-refractivity contribution in [3.8, 4) is 0 Å². The maximum Gasteiger partial charge on any atom is 0.177 e. The molecular formula is C21H27ClF3N3OS. The summed E-state index contributed by atoms with van der Waals surface area (Å²) in [7, 11) is 2.15. The molecule has 0 radical (unpaired) electrons. The zero-order chi connectivity index (χ0) is 20.5. The van der Waals surface area contributed by atoms with Crippen molar-refractivity contribution in [3.05, 3.63) is 51.3 Å². The summed E-state index contributed by atoms with van der Waals surface area (Å²) in [5.41, 5.74) is 1.83. The van der Waals surface area contributed by atoms with Crippen molar-refractivity contribution >= 4 is 24.6 Å². The van der Waals surface area contributed by atoms with E-state index < -0.39 is 23.4 Å². The second-order valence-electron chi connectivity index (χ2n) is 8.05. The van der Waals surface area contributed by atoms with E-state index in [-0.39, 0.29) is 18.0 Å². The number of hydrogen-bond donors (Lipinski definition) is 1. The zero-order valence-corrected chi connectivity index (χ0v) is 18.6. The van der Waals surface area contributed by atoms with Crippen LogP contribution < -0.4 is 0 Å². The van der Waals surface area contributed by atoms with Gasteiger partial charge in [-0.15, -0.1) is 12.4 Å². The number of nitrogens with zero attached hydrogens (tertiary/aromatic N) is 2. The Morgan fingerprint density at radius 2 is 1.90 bits per heavy atom. The van der Waals surface area contributed by atoms with Crippen molar-refractivity contribution < 1.29 is 17.9 Å². The Kier molecular flexibility index (Phi) is 7.66. The number of fused-ring (bicyclic) bond motifs is 1. The van der Waals surface area contributed by atoms with Gasteiger partial charge in [-0.1, -0.05) is 0 Å². The molecule has 1 atom stereocenters. The fourth-order valence-corrected chi connectivity index (χ4v) is 4.94. The van der Waals surface area contributed by atoms with E-state index in [0.717, 1.165) is 69.0 Å². The molecule has 1 N–H and O–H groups in total. The quantitative estimate of drug-likeness (QED) is 0.497. The number of rotatable bonds is 6. The zero-order valence-electron chi connectivity index (χ0n) is 16.9. The van der Waals surface area contributed by atoms with Crippen LogP contribution in [0.5, 0.6) is 0 Å². The summed E-state index contributed by atoms with van der Waals surface area (Å²) in [6.45, 7) is 2.98. The highest BCUT2D eigenvalue weighted by Crippen LogP contribution is 2.35. The standard InChI is InChI=1S/C21H26F3N3OS.ClH/c1-26(14-6-9-28-10-7-14)8-2-3-17-18-11-13(12-27(18)21(29)25-17)19-15(22)4-5-16(23)20(19)24;/h4-5,13-14H,2-3,6-12H2,1H3,(H,25,29);1H/t13-;/m0./s1. The fraction of sp³-hybridized carbons (Fsp3) is 0.571. The van der Waals surface area contributed by atoms with Gasteiger partial charge in [-0.3, -0.25) is 0 Å². The molecule has 2 aromatic rings. The molecular weight excluding hydrogens is 435 g/mol. The minimum Gasteiger partial charge on any atom is -0.381 e. The fourth-order valence-electron chi connectivity index (χ4n) is 4.63.